The van der Waals surface area contributed by atoms with Gasteiger partial charge in [0.05, 0.1) is 11.8 Å². The Morgan fingerprint density at radius 3 is 2.46 bits per heavy atom. The molecule has 1 aromatic carbocycles. The number of hydrogen-bond acceptors (Lipinski definition) is 4. The first kappa shape index (κ1) is 18.7. The molecule has 28 heavy (non-hydrogen) atoms. The summed E-state index contributed by atoms with van der Waals surface area (Å²) >= 11 is 0. The molecule has 0 aliphatic carbocycles. The van der Waals surface area contributed by atoms with Crippen molar-refractivity contribution in [3.8, 4) is 0 Å². The van der Waals surface area contributed by atoms with E-state index < -0.39 is 0 Å². The molecule has 2 aliphatic rings. The van der Waals surface area contributed by atoms with Gasteiger partial charge in [-0.15, -0.1) is 0 Å². The van der Waals surface area contributed by atoms with Crippen LogP contribution in [0, 0.1) is 6.92 Å². The number of carbonyl (C=O) groups excluding carboxylic acids is 2. The van der Waals surface area contributed by atoms with Crippen LogP contribution >= 0.6 is 0 Å². The molecule has 1 aromatic heterocycles. The van der Waals surface area contributed by atoms with Crippen molar-refractivity contribution >= 4 is 17.5 Å². The third kappa shape index (κ3) is 3.67. The average Bonchev–Trinajstić information content (AvgIpc) is 3.24. The van der Waals surface area contributed by atoms with Crippen LogP contribution in [0.3, 0.4) is 0 Å². The highest BCUT2D eigenvalue weighted by atomic mass is 16.5. The molecule has 0 N–H and O–H groups in total. The van der Waals surface area contributed by atoms with Crippen LogP contribution in [0.15, 0.2) is 36.4 Å². The Balaban J connectivity index is 1.31. The quantitative estimate of drug-likeness (QED) is 0.813. The second-order valence-corrected chi connectivity index (χ2v) is 7.52. The zero-order valence-corrected chi connectivity index (χ0v) is 16.4. The molecule has 4 rings (SSSR count). The number of anilines is 1. The van der Waals surface area contributed by atoms with Gasteiger partial charge in [-0.25, -0.2) is 0 Å². The molecule has 2 fully saturated rings. The second kappa shape index (κ2) is 7.75. The molecule has 3 heterocycles. The van der Waals surface area contributed by atoms with Crippen molar-refractivity contribution in [3.63, 3.8) is 0 Å². The fraction of sp³-hybridized carbons (Fsp3) is 0.476. The Morgan fingerprint density at radius 1 is 1.11 bits per heavy atom. The number of likely N-dealkylation sites (tertiary alicyclic amines) is 1. The first-order chi connectivity index (χ1) is 13.5. The molecule has 148 valence electrons. The summed E-state index contributed by atoms with van der Waals surface area (Å²) in [7, 11) is 1.79. The Bertz CT molecular complexity index is 856. The van der Waals surface area contributed by atoms with E-state index in [9.17, 15) is 9.59 Å². The fourth-order valence-electron chi connectivity index (χ4n) is 4.04. The Morgan fingerprint density at radius 2 is 1.82 bits per heavy atom. The number of ether oxygens (including phenoxy) is 1. The minimum absolute atomic E-state index is 0.00810. The molecule has 2 saturated heterocycles. The van der Waals surface area contributed by atoms with Crippen LogP contribution in [0.1, 0.15) is 35.4 Å². The van der Waals surface area contributed by atoms with Crippen LogP contribution in [0.5, 0.6) is 0 Å². The molecule has 1 unspecified atom stereocenters. The topological polar surface area (TPSA) is 67.7 Å². The molecule has 7 heteroatoms. The van der Waals surface area contributed by atoms with Crippen LogP contribution in [-0.2, 0) is 16.6 Å². The first-order valence-electron chi connectivity index (χ1n) is 9.85. The maximum atomic E-state index is 12.7. The summed E-state index contributed by atoms with van der Waals surface area (Å²) in [5.74, 6) is 0.0452. The predicted octanol–water partition coefficient (Wildman–Crippen LogP) is 2.16. The zero-order chi connectivity index (χ0) is 19.7. The lowest BCUT2D eigenvalue weighted by molar-refractivity contribution is -0.132. The van der Waals surface area contributed by atoms with E-state index >= 15 is 0 Å². The third-order valence-corrected chi connectivity index (χ3v) is 5.53. The van der Waals surface area contributed by atoms with E-state index in [1.165, 1.54) is 0 Å². The average molecular weight is 382 g/mol. The number of aryl methyl sites for hydroxylation is 2. The van der Waals surface area contributed by atoms with E-state index in [-0.39, 0.29) is 24.0 Å². The summed E-state index contributed by atoms with van der Waals surface area (Å²) in [6.45, 7) is 3.84. The van der Waals surface area contributed by atoms with Crippen molar-refractivity contribution in [2.24, 2.45) is 7.05 Å². The number of hydrogen-bond donors (Lipinski definition) is 0. The lowest BCUT2D eigenvalue weighted by atomic mass is 10.1. The lowest BCUT2D eigenvalue weighted by Gasteiger charge is -2.33. The molecule has 2 aliphatic heterocycles. The largest absolute Gasteiger partial charge is 0.365 e. The number of para-hydroxylation sites is 1. The first-order valence-corrected chi connectivity index (χ1v) is 9.85. The maximum Gasteiger partial charge on any atom is 0.272 e. The highest BCUT2D eigenvalue weighted by molar-refractivity contribution is 5.98. The van der Waals surface area contributed by atoms with Gasteiger partial charge in [0.25, 0.3) is 11.8 Å². The molecule has 7 nitrogen and oxygen atoms in total. The number of amides is 2. The van der Waals surface area contributed by atoms with Crippen LogP contribution in [0.4, 0.5) is 5.69 Å². The Labute approximate surface area is 164 Å². The summed E-state index contributed by atoms with van der Waals surface area (Å²) < 4.78 is 7.77. The van der Waals surface area contributed by atoms with Gasteiger partial charge in [0.2, 0.25) is 0 Å². The number of aromatic nitrogens is 2. The van der Waals surface area contributed by atoms with Gasteiger partial charge in [-0.2, -0.15) is 5.10 Å². The molecular formula is C21H26N4O3. The van der Waals surface area contributed by atoms with E-state index in [4.69, 9.17) is 4.74 Å². The van der Waals surface area contributed by atoms with Gasteiger partial charge < -0.3 is 14.5 Å². The van der Waals surface area contributed by atoms with Gasteiger partial charge in [0, 0.05) is 38.8 Å². The van der Waals surface area contributed by atoms with Crippen molar-refractivity contribution in [1.82, 2.24) is 14.7 Å². The number of carbonyl (C=O) groups is 2. The van der Waals surface area contributed by atoms with E-state index in [1.807, 2.05) is 48.2 Å². The highest BCUT2D eigenvalue weighted by Gasteiger charge is 2.36. The molecule has 2 aromatic rings. The van der Waals surface area contributed by atoms with Gasteiger partial charge in [0.1, 0.15) is 11.8 Å². The van der Waals surface area contributed by atoms with E-state index in [0.717, 1.165) is 24.2 Å². The number of rotatable bonds is 4. The van der Waals surface area contributed by atoms with Crippen LogP contribution in [0.2, 0.25) is 0 Å². The molecule has 0 radical (unpaired) electrons. The van der Waals surface area contributed by atoms with Gasteiger partial charge in [0.15, 0.2) is 0 Å². The summed E-state index contributed by atoms with van der Waals surface area (Å²) in [6.07, 6.45) is 1.84. The van der Waals surface area contributed by atoms with E-state index in [0.29, 0.717) is 31.7 Å². The summed E-state index contributed by atoms with van der Waals surface area (Å²) in [5, 5.41) is 4.25. The van der Waals surface area contributed by atoms with Gasteiger partial charge in [-0.3, -0.25) is 14.3 Å². The molecule has 0 spiro atoms. The minimum atomic E-state index is -0.382. The Kier molecular flexibility index (Phi) is 5.17. The number of piperidine rings is 1. The van der Waals surface area contributed by atoms with Crippen LogP contribution in [0.25, 0.3) is 0 Å². The molecule has 2 amide bonds. The molecular weight excluding hydrogens is 356 g/mol. The van der Waals surface area contributed by atoms with Crippen LogP contribution < -0.4 is 4.90 Å². The second-order valence-electron chi connectivity index (χ2n) is 7.52. The van der Waals surface area contributed by atoms with Crippen molar-refractivity contribution in [1.29, 1.82) is 0 Å². The van der Waals surface area contributed by atoms with Gasteiger partial charge >= 0.3 is 0 Å². The predicted molar refractivity (Wildman–Crippen MR) is 105 cm³/mol. The van der Waals surface area contributed by atoms with Crippen molar-refractivity contribution in [2.45, 2.75) is 38.4 Å². The SMILES string of the molecule is Cc1cc(C(=O)N2CCC(OC3CCN(c4ccccc4)C3=O)CC2)n(C)n1. The van der Waals surface area contributed by atoms with Crippen LogP contribution in [-0.4, -0.2) is 58.3 Å². The standard InChI is InChI=1S/C21H26N4O3/c1-15-14-18(23(2)22-15)20(26)24-11-8-17(9-12-24)28-19-10-13-25(21(19)27)16-6-4-3-5-7-16/h3-7,14,17,19H,8-13H2,1-2H3. The third-order valence-electron chi connectivity index (χ3n) is 5.53. The maximum absolute atomic E-state index is 12.7. The van der Waals surface area contributed by atoms with E-state index in [2.05, 4.69) is 5.10 Å². The number of benzene rings is 1. The zero-order valence-electron chi connectivity index (χ0n) is 16.4. The smallest absolute Gasteiger partial charge is 0.272 e. The van der Waals surface area contributed by atoms with E-state index in [1.54, 1.807) is 16.6 Å². The minimum Gasteiger partial charge on any atom is -0.365 e. The Hall–Kier alpha value is -2.67. The monoisotopic (exact) mass is 382 g/mol. The molecule has 1 atom stereocenters. The fourth-order valence-corrected chi connectivity index (χ4v) is 4.04. The van der Waals surface area contributed by atoms with Crippen molar-refractivity contribution in [3.05, 3.63) is 47.8 Å². The molecule has 0 saturated carbocycles. The van der Waals surface area contributed by atoms with Crippen molar-refractivity contribution < 1.29 is 14.3 Å². The normalized spacial score (nSPS) is 20.8. The van der Waals surface area contributed by atoms with Crippen molar-refractivity contribution in [2.75, 3.05) is 24.5 Å². The lowest BCUT2D eigenvalue weighted by Crippen LogP contribution is -2.43. The van der Waals surface area contributed by atoms with Gasteiger partial charge in [-0.1, -0.05) is 18.2 Å². The molecule has 0 bridgehead atoms. The highest BCUT2D eigenvalue weighted by Crippen LogP contribution is 2.26. The van der Waals surface area contributed by atoms with Gasteiger partial charge in [-0.05, 0) is 38.0 Å². The summed E-state index contributed by atoms with van der Waals surface area (Å²) in [6, 6.07) is 11.5. The number of nitrogens with zero attached hydrogens (tertiary/aromatic N) is 4. The summed E-state index contributed by atoms with van der Waals surface area (Å²) in [4.78, 5) is 29.1. The summed E-state index contributed by atoms with van der Waals surface area (Å²) in [5.41, 5.74) is 2.37.